The van der Waals surface area contributed by atoms with Crippen LogP contribution in [0.5, 0.6) is 0 Å². The Morgan fingerprint density at radius 3 is 2.30 bits per heavy atom. The molecule has 1 atom stereocenters. The molecular formula is C17H20N2O. The third kappa shape index (κ3) is 3.06. The van der Waals surface area contributed by atoms with Gasteiger partial charge in [-0.15, -0.1) is 0 Å². The van der Waals surface area contributed by atoms with Crippen LogP contribution in [0.25, 0.3) is 0 Å². The Kier molecular flexibility index (Phi) is 4.20. The fraction of sp³-hybridized carbons (Fsp3) is 0.235. The van der Waals surface area contributed by atoms with E-state index in [0.717, 1.165) is 27.9 Å². The highest BCUT2D eigenvalue weighted by atomic mass is 16.1. The first-order valence-electron chi connectivity index (χ1n) is 6.72. The number of hydrogen-bond donors (Lipinski definition) is 2. The molecular weight excluding hydrogens is 248 g/mol. The number of anilines is 1. The molecule has 104 valence electrons. The van der Waals surface area contributed by atoms with Crippen LogP contribution >= 0.6 is 0 Å². The van der Waals surface area contributed by atoms with Crippen LogP contribution in [0.1, 0.15) is 40.0 Å². The van der Waals surface area contributed by atoms with Crippen molar-refractivity contribution in [1.82, 2.24) is 0 Å². The first kappa shape index (κ1) is 14.3. The lowest BCUT2D eigenvalue weighted by atomic mass is 10.0. The van der Waals surface area contributed by atoms with Crippen molar-refractivity contribution in [3.8, 4) is 0 Å². The first-order valence-corrected chi connectivity index (χ1v) is 6.72. The van der Waals surface area contributed by atoms with Crippen molar-refractivity contribution in [2.45, 2.75) is 26.8 Å². The Balaban J connectivity index is 2.26. The number of carbonyl (C=O) groups is 1. The second kappa shape index (κ2) is 5.88. The molecule has 2 aromatic rings. The number of aryl methyl sites for hydroxylation is 2. The number of nitrogens with one attached hydrogen (secondary N) is 1. The van der Waals surface area contributed by atoms with Gasteiger partial charge in [-0.05, 0) is 49.6 Å². The van der Waals surface area contributed by atoms with Crippen molar-refractivity contribution in [1.29, 1.82) is 0 Å². The molecule has 3 heteroatoms. The van der Waals surface area contributed by atoms with Gasteiger partial charge in [0.05, 0.1) is 0 Å². The Hall–Kier alpha value is -2.13. The topological polar surface area (TPSA) is 55.1 Å². The summed E-state index contributed by atoms with van der Waals surface area (Å²) < 4.78 is 0. The van der Waals surface area contributed by atoms with Crippen LogP contribution in [-0.2, 0) is 0 Å². The average Bonchev–Trinajstić information content (AvgIpc) is 2.38. The third-order valence-electron chi connectivity index (χ3n) is 3.38. The van der Waals surface area contributed by atoms with Crippen LogP contribution in [0, 0.1) is 13.8 Å². The average molecular weight is 268 g/mol. The normalized spacial score (nSPS) is 12.0. The van der Waals surface area contributed by atoms with E-state index in [0.29, 0.717) is 0 Å². The van der Waals surface area contributed by atoms with Gasteiger partial charge in [-0.2, -0.15) is 0 Å². The zero-order chi connectivity index (χ0) is 14.7. The summed E-state index contributed by atoms with van der Waals surface area (Å²) in [7, 11) is 0. The molecule has 20 heavy (non-hydrogen) atoms. The van der Waals surface area contributed by atoms with Gasteiger partial charge in [0.15, 0.2) is 0 Å². The molecule has 1 unspecified atom stereocenters. The summed E-state index contributed by atoms with van der Waals surface area (Å²) in [4.78, 5) is 12.4. The van der Waals surface area contributed by atoms with Crippen LogP contribution in [0.3, 0.4) is 0 Å². The summed E-state index contributed by atoms with van der Waals surface area (Å²) >= 11 is 0. The Morgan fingerprint density at radius 2 is 1.70 bits per heavy atom. The summed E-state index contributed by atoms with van der Waals surface area (Å²) in [5, 5.41) is 2.94. The van der Waals surface area contributed by atoms with Gasteiger partial charge in [-0.3, -0.25) is 4.79 Å². The number of amides is 1. The zero-order valence-electron chi connectivity index (χ0n) is 12.1. The molecule has 3 nitrogen and oxygen atoms in total. The van der Waals surface area contributed by atoms with E-state index in [9.17, 15) is 4.79 Å². The monoisotopic (exact) mass is 268 g/mol. The molecule has 0 aromatic heterocycles. The third-order valence-corrected chi connectivity index (χ3v) is 3.38. The van der Waals surface area contributed by atoms with E-state index in [1.54, 1.807) is 0 Å². The van der Waals surface area contributed by atoms with Crippen LogP contribution in [-0.4, -0.2) is 5.91 Å². The lowest BCUT2D eigenvalue weighted by Crippen LogP contribution is -2.15. The van der Waals surface area contributed by atoms with Gasteiger partial charge in [-0.25, -0.2) is 0 Å². The molecule has 1 amide bonds. The number of rotatable bonds is 3. The van der Waals surface area contributed by atoms with Crippen molar-refractivity contribution in [2.24, 2.45) is 5.73 Å². The molecule has 0 heterocycles. The van der Waals surface area contributed by atoms with Gasteiger partial charge in [0.25, 0.3) is 5.91 Å². The van der Waals surface area contributed by atoms with E-state index in [1.807, 2.05) is 63.2 Å². The maximum absolute atomic E-state index is 12.4. The minimum absolute atomic E-state index is 0.0490. The van der Waals surface area contributed by atoms with Crippen molar-refractivity contribution < 1.29 is 4.79 Å². The standard InChI is InChI=1S/C17H20N2O/c1-11-6-4-7-12(2)16(11)17(20)19-15-9-5-8-14(10-15)13(3)18/h4-10,13H,18H2,1-3H3,(H,19,20). The molecule has 0 radical (unpaired) electrons. The van der Waals surface area contributed by atoms with E-state index in [-0.39, 0.29) is 11.9 Å². The van der Waals surface area contributed by atoms with Gasteiger partial charge in [-0.1, -0.05) is 30.3 Å². The second-order valence-electron chi connectivity index (χ2n) is 5.14. The van der Waals surface area contributed by atoms with Gasteiger partial charge in [0.1, 0.15) is 0 Å². The smallest absolute Gasteiger partial charge is 0.256 e. The Labute approximate surface area is 119 Å². The Bertz CT molecular complexity index is 612. The molecule has 3 N–H and O–H groups in total. The molecule has 0 spiro atoms. The maximum atomic E-state index is 12.4. The fourth-order valence-corrected chi connectivity index (χ4v) is 2.27. The number of carbonyl (C=O) groups excluding carboxylic acids is 1. The minimum Gasteiger partial charge on any atom is -0.324 e. The summed E-state index contributed by atoms with van der Waals surface area (Å²) in [5.41, 5.74) is 10.3. The highest BCUT2D eigenvalue weighted by Gasteiger charge is 2.12. The fourth-order valence-electron chi connectivity index (χ4n) is 2.27. The highest BCUT2D eigenvalue weighted by Crippen LogP contribution is 2.19. The van der Waals surface area contributed by atoms with E-state index >= 15 is 0 Å². The molecule has 0 aliphatic heterocycles. The van der Waals surface area contributed by atoms with Crippen LogP contribution in [0.2, 0.25) is 0 Å². The lowest BCUT2D eigenvalue weighted by molar-refractivity contribution is 0.102. The van der Waals surface area contributed by atoms with Crippen molar-refractivity contribution >= 4 is 11.6 Å². The predicted molar refractivity (Wildman–Crippen MR) is 82.9 cm³/mol. The van der Waals surface area contributed by atoms with Gasteiger partial charge < -0.3 is 11.1 Å². The van der Waals surface area contributed by atoms with Crippen molar-refractivity contribution in [3.63, 3.8) is 0 Å². The summed E-state index contributed by atoms with van der Waals surface area (Å²) in [6, 6.07) is 13.4. The molecule has 0 fully saturated rings. The number of nitrogens with two attached hydrogens (primary N) is 1. The van der Waals surface area contributed by atoms with E-state index in [4.69, 9.17) is 5.73 Å². The van der Waals surface area contributed by atoms with Crippen molar-refractivity contribution in [3.05, 3.63) is 64.7 Å². The largest absolute Gasteiger partial charge is 0.324 e. The lowest BCUT2D eigenvalue weighted by Gasteiger charge is -2.12. The number of benzene rings is 2. The van der Waals surface area contributed by atoms with Crippen LogP contribution in [0.4, 0.5) is 5.69 Å². The quantitative estimate of drug-likeness (QED) is 0.894. The SMILES string of the molecule is Cc1cccc(C)c1C(=O)Nc1cccc(C(C)N)c1. The Morgan fingerprint density at radius 1 is 1.10 bits per heavy atom. The molecule has 0 aliphatic rings. The predicted octanol–water partition coefficient (Wildman–Crippen LogP) is 3.58. The maximum Gasteiger partial charge on any atom is 0.256 e. The van der Waals surface area contributed by atoms with Gasteiger partial charge in [0.2, 0.25) is 0 Å². The first-order chi connectivity index (χ1) is 9.49. The number of hydrogen-bond acceptors (Lipinski definition) is 2. The summed E-state index contributed by atoms with van der Waals surface area (Å²) in [6.45, 7) is 5.81. The van der Waals surface area contributed by atoms with Gasteiger partial charge in [0, 0.05) is 17.3 Å². The summed E-state index contributed by atoms with van der Waals surface area (Å²) in [5.74, 6) is -0.0811. The van der Waals surface area contributed by atoms with Crippen molar-refractivity contribution in [2.75, 3.05) is 5.32 Å². The van der Waals surface area contributed by atoms with E-state index < -0.39 is 0 Å². The minimum atomic E-state index is -0.0811. The summed E-state index contributed by atoms with van der Waals surface area (Å²) in [6.07, 6.45) is 0. The molecule has 0 saturated heterocycles. The molecule has 0 saturated carbocycles. The zero-order valence-corrected chi connectivity index (χ0v) is 12.1. The molecule has 2 rings (SSSR count). The second-order valence-corrected chi connectivity index (χ2v) is 5.14. The van der Waals surface area contributed by atoms with E-state index in [2.05, 4.69) is 5.32 Å². The highest BCUT2D eigenvalue weighted by molar-refractivity contribution is 6.06. The van der Waals surface area contributed by atoms with Crippen LogP contribution < -0.4 is 11.1 Å². The molecule has 0 bridgehead atoms. The van der Waals surface area contributed by atoms with Crippen LogP contribution in [0.15, 0.2) is 42.5 Å². The molecule has 2 aromatic carbocycles. The molecule has 0 aliphatic carbocycles. The van der Waals surface area contributed by atoms with E-state index in [1.165, 1.54) is 0 Å². The van der Waals surface area contributed by atoms with Gasteiger partial charge >= 0.3 is 0 Å².